The number of aromatic nitrogens is 3. The molecule has 1 saturated heterocycles. The minimum atomic E-state index is 0.0748. The number of amides is 1. The van der Waals surface area contributed by atoms with E-state index >= 15 is 0 Å². The van der Waals surface area contributed by atoms with E-state index < -0.39 is 0 Å². The fourth-order valence-electron chi connectivity index (χ4n) is 3.71. The number of rotatable bonds is 6. The topological polar surface area (TPSA) is 62.2 Å². The number of carbonyl (C=O) groups excluding carboxylic acids is 1. The Bertz CT molecular complexity index is 1020. The van der Waals surface area contributed by atoms with E-state index in [-0.39, 0.29) is 5.91 Å². The van der Waals surface area contributed by atoms with Gasteiger partial charge in [0.05, 0.1) is 5.69 Å². The van der Waals surface area contributed by atoms with Crippen LogP contribution >= 0.6 is 11.8 Å². The predicted molar refractivity (Wildman–Crippen MR) is 126 cm³/mol. The lowest BCUT2D eigenvalue weighted by Crippen LogP contribution is -2.49. The average molecular weight is 434 g/mol. The minimum absolute atomic E-state index is 0.0748. The van der Waals surface area contributed by atoms with Gasteiger partial charge in [-0.2, -0.15) is 0 Å². The lowest BCUT2D eigenvalue weighted by molar-refractivity contribution is 0.0746. The third kappa shape index (κ3) is 4.88. The van der Waals surface area contributed by atoms with Crippen LogP contribution in [0.2, 0.25) is 0 Å². The molecule has 6 nitrogen and oxygen atoms in total. The summed E-state index contributed by atoms with van der Waals surface area (Å²) < 4.78 is 0. The quantitative estimate of drug-likeness (QED) is 0.426. The zero-order valence-electron chi connectivity index (χ0n) is 18.0. The van der Waals surface area contributed by atoms with Gasteiger partial charge in [0.15, 0.2) is 0 Å². The summed E-state index contributed by atoms with van der Waals surface area (Å²) in [6.07, 6.45) is 4.55. The molecule has 0 atom stereocenters. The van der Waals surface area contributed by atoms with Crippen molar-refractivity contribution in [2.45, 2.75) is 25.3 Å². The van der Waals surface area contributed by atoms with Crippen LogP contribution < -0.4 is 4.90 Å². The highest BCUT2D eigenvalue weighted by Gasteiger charge is 2.24. The summed E-state index contributed by atoms with van der Waals surface area (Å²) >= 11 is 1.78. The van der Waals surface area contributed by atoms with Crippen LogP contribution in [0.25, 0.3) is 11.3 Å². The van der Waals surface area contributed by atoms with Gasteiger partial charge >= 0.3 is 0 Å². The van der Waals surface area contributed by atoms with E-state index in [1.807, 2.05) is 47.4 Å². The van der Waals surface area contributed by atoms with Crippen LogP contribution in [-0.2, 0) is 0 Å². The molecule has 3 heterocycles. The van der Waals surface area contributed by atoms with Gasteiger partial charge in [0.25, 0.3) is 5.91 Å². The molecular weight excluding hydrogens is 406 g/mol. The number of hydrogen-bond donors (Lipinski definition) is 0. The van der Waals surface area contributed by atoms with Crippen molar-refractivity contribution in [2.24, 2.45) is 0 Å². The van der Waals surface area contributed by atoms with Gasteiger partial charge in [0.1, 0.15) is 17.2 Å². The highest BCUT2D eigenvalue weighted by Crippen LogP contribution is 2.27. The zero-order chi connectivity index (χ0) is 21.6. The first kappa shape index (κ1) is 21.3. The van der Waals surface area contributed by atoms with Crippen molar-refractivity contribution in [2.75, 3.05) is 36.8 Å². The standard InChI is InChI=1S/C24H27N5OS/c1-3-16-31-23-18(2)22(26-17-27-23)28-12-14-29(15-13-28)24(30)20-9-7-19(8-10-20)21-6-4-5-11-25-21/h4-11,17H,3,12-16H2,1-2H3. The normalized spacial score (nSPS) is 14.0. The summed E-state index contributed by atoms with van der Waals surface area (Å²) in [7, 11) is 0. The van der Waals surface area contributed by atoms with Crippen molar-refractivity contribution < 1.29 is 4.79 Å². The highest BCUT2D eigenvalue weighted by atomic mass is 32.2. The Morgan fingerprint density at radius 1 is 1.00 bits per heavy atom. The van der Waals surface area contributed by atoms with Crippen LogP contribution in [0.15, 0.2) is 60.0 Å². The van der Waals surface area contributed by atoms with Gasteiger partial charge in [0, 0.05) is 49.1 Å². The molecule has 1 amide bonds. The molecule has 0 aliphatic carbocycles. The van der Waals surface area contributed by atoms with Crippen LogP contribution in [0.5, 0.6) is 0 Å². The van der Waals surface area contributed by atoms with E-state index in [1.165, 1.54) is 0 Å². The fourth-order valence-corrected chi connectivity index (χ4v) is 4.54. The summed E-state index contributed by atoms with van der Waals surface area (Å²) in [6, 6.07) is 13.5. The van der Waals surface area contributed by atoms with Gasteiger partial charge in [-0.25, -0.2) is 9.97 Å². The number of anilines is 1. The molecule has 0 spiro atoms. The molecule has 1 fully saturated rings. The van der Waals surface area contributed by atoms with Crippen molar-refractivity contribution in [3.05, 3.63) is 66.1 Å². The third-order valence-electron chi connectivity index (χ3n) is 5.41. The molecule has 31 heavy (non-hydrogen) atoms. The highest BCUT2D eigenvalue weighted by molar-refractivity contribution is 7.99. The fraction of sp³-hybridized carbons (Fsp3) is 0.333. The maximum Gasteiger partial charge on any atom is 0.253 e. The molecule has 1 aliphatic rings. The molecule has 160 valence electrons. The first-order valence-electron chi connectivity index (χ1n) is 10.7. The van der Waals surface area contributed by atoms with E-state index in [0.717, 1.165) is 52.9 Å². The molecule has 2 aromatic heterocycles. The lowest BCUT2D eigenvalue weighted by atomic mass is 10.1. The van der Waals surface area contributed by atoms with Crippen molar-refractivity contribution in [1.82, 2.24) is 19.9 Å². The van der Waals surface area contributed by atoms with E-state index in [2.05, 4.69) is 33.7 Å². The van der Waals surface area contributed by atoms with Crippen molar-refractivity contribution in [3.8, 4) is 11.3 Å². The van der Waals surface area contributed by atoms with Crippen LogP contribution in [0.4, 0.5) is 5.82 Å². The molecule has 0 N–H and O–H groups in total. The largest absolute Gasteiger partial charge is 0.353 e. The first-order valence-corrected chi connectivity index (χ1v) is 11.7. The molecule has 0 saturated carbocycles. The predicted octanol–water partition coefficient (Wildman–Crippen LogP) is 4.31. The smallest absolute Gasteiger partial charge is 0.253 e. The number of thioether (sulfide) groups is 1. The van der Waals surface area contributed by atoms with Gasteiger partial charge in [-0.15, -0.1) is 11.8 Å². The molecule has 7 heteroatoms. The number of nitrogens with zero attached hydrogens (tertiary/aromatic N) is 5. The Labute approximate surface area is 187 Å². The van der Waals surface area contributed by atoms with Crippen molar-refractivity contribution >= 4 is 23.5 Å². The SMILES string of the molecule is CCCSc1ncnc(N2CCN(C(=O)c3ccc(-c4ccccn4)cc3)CC2)c1C. The number of hydrogen-bond acceptors (Lipinski definition) is 6. The van der Waals surface area contributed by atoms with E-state index in [1.54, 1.807) is 24.3 Å². The monoisotopic (exact) mass is 433 g/mol. The Balaban J connectivity index is 1.39. The van der Waals surface area contributed by atoms with Gasteiger partial charge in [0.2, 0.25) is 0 Å². The number of pyridine rings is 1. The second kappa shape index (κ2) is 9.92. The summed E-state index contributed by atoms with van der Waals surface area (Å²) in [5, 5.41) is 1.05. The molecule has 1 aromatic carbocycles. The molecule has 0 unspecified atom stereocenters. The second-order valence-corrected chi connectivity index (χ2v) is 8.63. The van der Waals surface area contributed by atoms with Gasteiger partial charge in [-0.05, 0) is 43.4 Å². The third-order valence-corrected chi connectivity index (χ3v) is 6.71. The first-order chi connectivity index (χ1) is 15.2. The van der Waals surface area contributed by atoms with Gasteiger partial charge in [-0.3, -0.25) is 9.78 Å². The molecule has 1 aliphatic heterocycles. The number of piperazine rings is 1. The second-order valence-electron chi connectivity index (χ2n) is 7.55. The zero-order valence-corrected chi connectivity index (χ0v) is 18.8. The summed E-state index contributed by atoms with van der Waals surface area (Å²) in [5.74, 6) is 2.12. The van der Waals surface area contributed by atoms with Crippen LogP contribution in [0.3, 0.4) is 0 Å². The Morgan fingerprint density at radius 3 is 2.45 bits per heavy atom. The van der Waals surface area contributed by atoms with E-state index in [9.17, 15) is 4.79 Å². The molecule has 0 radical (unpaired) electrons. The lowest BCUT2D eigenvalue weighted by Gasteiger charge is -2.36. The van der Waals surface area contributed by atoms with Gasteiger partial charge < -0.3 is 9.80 Å². The van der Waals surface area contributed by atoms with Crippen LogP contribution in [0, 0.1) is 6.92 Å². The summed E-state index contributed by atoms with van der Waals surface area (Å²) in [6.45, 7) is 7.17. The number of benzene rings is 1. The maximum atomic E-state index is 13.0. The van der Waals surface area contributed by atoms with Gasteiger partial charge in [-0.1, -0.05) is 25.1 Å². The molecular formula is C24H27N5OS. The molecule has 3 aromatic rings. The Hall–Kier alpha value is -2.93. The van der Waals surface area contributed by atoms with Crippen molar-refractivity contribution in [3.63, 3.8) is 0 Å². The molecule has 0 bridgehead atoms. The Morgan fingerprint density at radius 2 is 1.77 bits per heavy atom. The Kier molecular flexibility index (Phi) is 6.82. The average Bonchev–Trinajstić information content (AvgIpc) is 2.84. The molecule has 4 rings (SSSR count). The van der Waals surface area contributed by atoms with Crippen LogP contribution in [-0.4, -0.2) is 57.7 Å². The maximum absolute atomic E-state index is 13.0. The van der Waals surface area contributed by atoms with E-state index in [0.29, 0.717) is 18.7 Å². The summed E-state index contributed by atoms with van der Waals surface area (Å²) in [4.78, 5) is 30.5. The van der Waals surface area contributed by atoms with Crippen molar-refractivity contribution in [1.29, 1.82) is 0 Å². The number of carbonyl (C=O) groups is 1. The van der Waals surface area contributed by atoms with Crippen LogP contribution in [0.1, 0.15) is 29.3 Å². The summed E-state index contributed by atoms with van der Waals surface area (Å²) in [5.41, 5.74) is 3.76. The van der Waals surface area contributed by atoms with E-state index in [4.69, 9.17) is 0 Å². The minimum Gasteiger partial charge on any atom is -0.353 e.